The summed E-state index contributed by atoms with van der Waals surface area (Å²) in [6.45, 7) is 0. The van der Waals surface area contributed by atoms with Crippen LogP contribution in [0.1, 0.15) is 15.9 Å². The molecular weight excluding hydrogens is 284 g/mol. The molecule has 2 rings (SSSR count). The van der Waals surface area contributed by atoms with Crippen molar-refractivity contribution in [2.45, 2.75) is 5.88 Å². The molecule has 0 saturated carbocycles. The zero-order chi connectivity index (χ0) is 10.1. The minimum Gasteiger partial charge on any atom is -0.298 e. The number of fused-ring (bicyclic) bond motifs is 1. The summed E-state index contributed by atoms with van der Waals surface area (Å²) < 4.78 is 2.03. The van der Waals surface area contributed by atoms with E-state index in [1.54, 1.807) is 11.3 Å². The van der Waals surface area contributed by atoms with Crippen molar-refractivity contribution in [1.82, 2.24) is 0 Å². The Morgan fingerprint density at radius 3 is 2.93 bits per heavy atom. The summed E-state index contributed by atoms with van der Waals surface area (Å²) in [4.78, 5) is 10.8. The van der Waals surface area contributed by atoms with E-state index in [9.17, 15) is 4.79 Å². The average molecular weight is 290 g/mol. The van der Waals surface area contributed by atoms with E-state index < -0.39 is 0 Å². The Hall–Kier alpha value is -0.380. The normalized spacial score (nSPS) is 10.7. The number of carbonyl (C=O) groups excluding carboxylic acids is 1. The first-order valence-corrected chi connectivity index (χ1v) is 6.12. The van der Waals surface area contributed by atoms with Crippen molar-refractivity contribution in [2.24, 2.45) is 0 Å². The Morgan fingerprint density at radius 2 is 2.29 bits per heavy atom. The van der Waals surface area contributed by atoms with E-state index in [1.807, 2.05) is 18.2 Å². The molecule has 0 N–H and O–H groups in total. The molecule has 0 saturated heterocycles. The lowest BCUT2D eigenvalue weighted by Crippen LogP contribution is -1.83. The third-order valence-corrected chi connectivity index (χ3v) is 4.02. The summed E-state index contributed by atoms with van der Waals surface area (Å²) in [5.41, 5.74) is 1.79. The van der Waals surface area contributed by atoms with E-state index >= 15 is 0 Å². The van der Waals surface area contributed by atoms with Crippen molar-refractivity contribution >= 4 is 55.2 Å². The van der Waals surface area contributed by atoms with Crippen LogP contribution in [-0.4, -0.2) is 6.29 Å². The number of rotatable bonds is 2. The molecule has 0 radical (unpaired) electrons. The van der Waals surface area contributed by atoms with Crippen molar-refractivity contribution < 1.29 is 4.79 Å². The summed E-state index contributed by atoms with van der Waals surface area (Å²) >= 11 is 10.8. The van der Waals surface area contributed by atoms with Crippen LogP contribution in [0, 0.1) is 0 Å². The first kappa shape index (κ1) is 10.1. The topological polar surface area (TPSA) is 17.1 Å². The van der Waals surface area contributed by atoms with Gasteiger partial charge in [0, 0.05) is 16.1 Å². The second-order valence-corrected chi connectivity index (χ2v) is 5.56. The van der Waals surface area contributed by atoms with Crippen molar-refractivity contribution in [3.05, 3.63) is 33.1 Å². The Kier molecular flexibility index (Phi) is 2.91. The monoisotopic (exact) mass is 288 g/mol. The van der Waals surface area contributed by atoms with E-state index in [4.69, 9.17) is 11.6 Å². The number of carbonyl (C=O) groups is 1. The second kappa shape index (κ2) is 4.01. The first-order chi connectivity index (χ1) is 6.76. The number of thiophene rings is 1. The van der Waals surface area contributed by atoms with E-state index in [-0.39, 0.29) is 0 Å². The molecule has 2 aromatic rings. The van der Waals surface area contributed by atoms with Gasteiger partial charge in [-0.1, -0.05) is 6.07 Å². The highest BCUT2D eigenvalue weighted by molar-refractivity contribution is 9.11. The zero-order valence-electron chi connectivity index (χ0n) is 7.09. The number of hydrogen-bond acceptors (Lipinski definition) is 2. The minimum atomic E-state index is 0.471. The van der Waals surface area contributed by atoms with Crippen LogP contribution in [0.3, 0.4) is 0 Å². The van der Waals surface area contributed by atoms with Gasteiger partial charge in [0.25, 0.3) is 0 Å². The number of hydrogen-bond donors (Lipinski definition) is 0. The summed E-state index contributed by atoms with van der Waals surface area (Å²) in [5.74, 6) is 0.471. The van der Waals surface area contributed by atoms with Crippen LogP contribution >= 0.6 is 38.9 Å². The van der Waals surface area contributed by atoms with Gasteiger partial charge in [-0.05, 0) is 39.0 Å². The molecule has 0 aliphatic heterocycles. The van der Waals surface area contributed by atoms with Gasteiger partial charge in [-0.15, -0.1) is 22.9 Å². The zero-order valence-corrected chi connectivity index (χ0v) is 10.2. The van der Waals surface area contributed by atoms with Gasteiger partial charge < -0.3 is 0 Å². The molecule has 0 amide bonds. The van der Waals surface area contributed by atoms with Gasteiger partial charge in [-0.2, -0.15) is 0 Å². The number of aldehydes is 1. The highest BCUT2D eigenvalue weighted by atomic mass is 79.9. The molecule has 0 aliphatic rings. The molecule has 1 nitrogen and oxygen atoms in total. The molecule has 0 unspecified atom stereocenters. The molecule has 0 atom stereocenters. The summed E-state index contributed by atoms with van der Waals surface area (Å²) in [6.07, 6.45) is 0.878. The van der Waals surface area contributed by atoms with Crippen molar-refractivity contribution in [3.8, 4) is 0 Å². The Balaban J connectivity index is 2.83. The predicted molar refractivity (Wildman–Crippen MR) is 64.5 cm³/mol. The number of benzene rings is 1. The van der Waals surface area contributed by atoms with Crippen LogP contribution in [0.5, 0.6) is 0 Å². The fourth-order valence-electron chi connectivity index (χ4n) is 1.38. The molecule has 0 bridgehead atoms. The maximum absolute atomic E-state index is 10.8. The summed E-state index contributed by atoms with van der Waals surface area (Å²) in [7, 11) is 0. The van der Waals surface area contributed by atoms with Crippen LogP contribution in [0.15, 0.2) is 22.0 Å². The predicted octanol–water partition coefficient (Wildman–Crippen LogP) is 4.22. The molecule has 14 heavy (non-hydrogen) atoms. The molecular formula is C10H6BrClOS. The van der Waals surface area contributed by atoms with Crippen LogP contribution < -0.4 is 0 Å². The molecule has 0 aliphatic carbocycles. The van der Waals surface area contributed by atoms with E-state index in [0.29, 0.717) is 5.88 Å². The molecule has 0 spiro atoms. The lowest BCUT2D eigenvalue weighted by atomic mass is 10.1. The fraction of sp³-hybridized carbons (Fsp3) is 0.100. The highest BCUT2D eigenvalue weighted by Gasteiger charge is 2.08. The average Bonchev–Trinajstić information content (AvgIpc) is 2.57. The SMILES string of the molecule is O=Cc1ccc(CCl)c2cc(Br)sc12. The molecule has 1 aromatic heterocycles. The minimum absolute atomic E-state index is 0.471. The van der Waals surface area contributed by atoms with Crippen LogP contribution in [-0.2, 0) is 5.88 Å². The first-order valence-electron chi connectivity index (χ1n) is 3.98. The largest absolute Gasteiger partial charge is 0.298 e. The van der Waals surface area contributed by atoms with Gasteiger partial charge in [0.1, 0.15) is 0 Å². The molecule has 0 fully saturated rings. The third-order valence-electron chi connectivity index (χ3n) is 2.05. The molecule has 72 valence electrons. The summed E-state index contributed by atoms with van der Waals surface area (Å²) in [5, 5.41) is 1.07. The van der Waals surface area contributed by atoms with E-state index in [0.717, 1.165) is 31.3 Å². The van der Waals surface area contributed by atoms with Crippen LogP contribution in [0.4, 0.5) is 0 Å². The number of alkyl halides is 1. The highest BCUT2D eigenvalue weighted by Crippen LogP contribution is 2.34. The maximum Gasteiger partial charge on any atom is 0.151 e. The Labute approximate surface area is 98.8 Å². The Bertz CT molecular complexity index is 492. The Morgan fingerprint density at radius 1 is 1.50 bits per heavy atom. The lowest BCUT2D eigenvalue weighted by molar-refractivity contribution is 0.112. The number of halogens is 2. The molecule has 4 heteroatoms. The standard InChI is InChI=1S/C10H6BrClOS/c11-9-3-8-6(4-12)1-2-7(5-13)10(8)14-9/h1-3,5H,4H2. The summed E-state index contributed by atoms with van der Waals surface area (Å²) in [6, 6.07) is 5.72. The van der Waals surface area contributed by atoms with E-state index in [2.05, 4.69) is 15.9 Å². The second-order valence-electron chi connectivity index (χ2n) is 2.86. The van der Waals surface area contributed by atoms with Gasteiger partial charge in [-0.25, -0.2) is 0 Å². The lowest BCUT2D eigenvalue weighted by Gasteiger charge is -1.99. The van der Waals surface area contributed by atoms with Gasteiger partial charge >= 0.3 is 0 Å². The van der Waals surface area contributed by atoms with Crippen molar-refractivity contribution in [3.63, 3.8) is 0 Å². The van der Waals surface area contributed by atoms with Crippen LogP contribution in [0.25, 0.3) is 10.1 Å². The van der Waals surface area contributed by atoms with Crippen molar-refractivity contribution in [1.29, 1.82) is 0 Å². The van der Waals surface area contributed by atoms with Gasteiger partial charge in [0.15, 0.2) is 6.29 Å². The molecule has 1 aromatic carbocycles. The van der Waals surface area contributed by atoms with Gasteiger partial charge in [-0.3, -0.25) is 4.79 Å². The maximum atomic E-state index is 10.8. The van der Waals surface area contributed by atoms with E-state index in [1.165, 1.54) is 0 Å². The third kappa shape index (κ3) is 1.60. The molecule has 1 heterocycles. The van der Waals surface area contributed by atoms with Crippen LogP contribution in [0.2, 0.25) is 0 Å². The van der Waals surface area contributed by atoms with Gasteiger partial charge in [0.05, 0.1) is 3.79 Å². The van der Waals surface area contributed by atoms with Gasteiger partial charge in [0.2, 0.25) is 0 Å². The quantitative estimate of drug-likeness (QED) is 0.598. The van der Waals surface area contributed by atoms with Crippen molar-refractivity contribution in [2.75, 3.05) is 0 Å². The fourth-order valence-corrected chi connectivity index (χ4v) is 3.23. The smallest absolute Gasteiger partial charge is 0.151 e.